The van der Waals surface area contributed by atoms with E-state index in [0.29, 0.717) is 17.3 Å². The molecule has 0 radical (unpaired) electrons. The van der Waals surface area contributed by atoms with Crippen molar-refractivity contribution in [1.29, 1.82) is 0 Å². The molecule has 2 rings (SSSR count). The smallest absolute Gasteiger partial charge is 0.244 e. The Labute approximate surface area is 201 Å². The number of hydrogen-bond donors (Lipinski definition) is 1. The van der Waals surface area contributed by atoms with Gasteiger partial charge in [0.15, 0.2) is 0 Å². The van der Waals surface area contributed by atoms with Crippen molar-refractivity contribution < 1.29 is 18.0 Å². The molecule has 9 heteroatoms. The van der Waals surface area contributed by atoms with Gasteiger partial charge in [0.1, 0.15) is 12.6 Å². The molecule has 2 aromatic carbocycles. The molecule has 7 nitrogen and oxygen atoms in total. The van der Waals surface area contributed by atoms with Crippen LogP contribution < -0.4 is 9.62 Å². The van der Waals surface area contributed by atoms with Crippen LogP contribution in [0.1, 0.15) is 44.7 Å². The van der Waals surface area contributed by atoms with Crippen LogP contribution in [0.15, 0.2) is 48.5 Å². The number of hydrogen-bond acceptors (Lipinski definition) is 4. The molecule has 0 unspecified atom stereocenters. The van der Waals surface area contributed by atoms with E-state index in [9.17, 15) is 18.0 Å². The fraction of sp³-hybridized carbons (Fsp3) is 0.417. The van der Waals surface area contributed by atoms with Gasteiger partial charge in [0.05, 0.1) is 11.9 Å². The summed E-state index contributed by atoms with van der Waals surface area (Å²) in [6.07, 6.45) is 1.08. The largest absolute Gasteiger partial charge is 0.355 e. The number of sulfonamides is 1. The average Bonchev–Trinajstić information content (AvgIpc) is 2.75. The standard InChI is InChI=1S/C24H32ClN3O4S/c1-6-26-24(30)18(4)27(15-19-11-13-20(25)14-12-19)23(29)16-28(33(5,31)32)22-10-8-7-9-21(22)17(2)3/h7-14,17-18H,6,15-16H2,1-5H3,(H,26,30)/t18-/m0/s1. The quantitative estimate of drug-likeness (QED) is 0.545. The molecule has 180 valence electrons. The normalized spacial score (nSPS) is 12.3. The summed E-state index contributed by atoms with van der Waals surface area (Å²) in [7, 11) is -3.77. The highest BCUT2D eigenvalue weighted by Gasteiger charge is 2.30. The number of rotatable bonds is 10. The van der Waals surface area contributed by atoms with Gasteiger partial charge in [0.2, 0.25) is 21.8 Å². The summed E-state index contributed by atoms with van der Waals surface area (Å²) in [6, 6.07) is 13.3. The second kappa shape index (κ2) is 11.5. The Morgan fingerprint density at radius 3 is 2.18 bits per heavy atom. The molecule has 33 heavy (non-hydrogen) atoms. The fourth-order valence-corrected chi connectivity index (χ4v) is 4.48. The van der Waals surface area contributed by atoms with Crippen LogP contribution in [-0.4, -0.2) is 50.5 Å². The summed E-state index contributed by atoms with van der Waals surface area (Å²) in [6.45, 7) is 7.49. The van der Waals surface area contributed by atoms with Gasteiger partial charge in [-0.25, -0.2) is 8.42 Å². The highest BCUT2D eigenvalue weighted by atomic mass is 35.5. The minimum Gasteiger partial charge on any atom is -0.355 e. The van der Waals surface area contributed by atoms with Gasteiger partial charge in [-0.05, 0) is 49.1 Å². The molecule has 0 aliphatic rings. The van der Waals surface area contributed by atoms with Crippen molar-refractivity contribution in [2.75, 3.05) is 23.7 Å². The maximum atomic E-state index is 13.5. The van der Waals surface area contributed by atoms with Crippen molar-refractivity contribution in [3.8, 4) is 0 Å². The van der Waals surface area contributed by atoms with Gasteiger partial charge in [0.25, 0.3) is 0 Å². The molecule has 0 aliphatic heterocycles. The molecular weight excluding hydrogens is 462 g/mol. The first-order valence-electron chi connectivity index (χ1n) is 10.8. The summed E-state index contributed by atoms with van der Waals surface area (Å²) in [5.41, 5.74) is 2.05. The van der Waals surface area contributed by atoms with Crippen molar-refractivity contribution in [3.05, 3.63) is 64.7 Å². The van der Waals surface area contributed by atoms with Crippen LogP contribution in [0.5, 0.6) is 0 Å². The third kappa shape index (κ3) is 7.20. The monoisotopic (exact) mass is 493 g/mol. The molecule has 0 aliphatic carbocycles. The SMILES string of the molecule is CCNC(=O)[C@H](C)N(Cc1ccc(Cl)cc1)C(=O)CN(c1ccccc1C(C)C)S(C)(=O)=O. The number of carbonyl (C=O) groups excluding carboxylic acids is 2. The third-order valence-electron chi connectivity index (χ3n) is 5.29. The Hall–Kier alpha value is -2.58. The van der Waals surface area contributed by atoms with Gasteiger partial charge >= 0.3 is 0 Å². The first kappa shape index (κ1) is 26.7. The third-order valence-corrected chi connectivity index (χ3v) is 6.67. The summed E-state index contributed by atoms with van der Waals surface area (Å²) in [4.78, 5) is 27.5. The summed E-state index contributed by atoms with van der Waals surface area (Å²) in [5.74, 6) is -0.735. The second-order valence-corrected chi connectivity index (χ2v) is 10.5. The Morgan fingerprint density at radius 1 is 1.03 bits per heavy atom. The van der Waals surface area contributed by atoms with E-state index < -0.39 is 28.5 Å². The van der Waals surface area contributed by atoms with E-state index in [4.69, 9.17) is 11.6 Å². The zero-order valence-corrected chi connectivity index (χ0v) is 21.3. The summed E-state index contributed by atoms with van der Waals surface area (Å²) in [5, 5.41) is 3.29. The van der Waals surface area contributed by atoms with Gasteiger partial charge in [-0.1, -0.05) is 55.8 Å². The lowest BCUT2D eigenvalue weighted by Crippen LogP contribution is -2.51. The van der Waals surface area contributed by atoms with Crippen molar-refractivity contribution in [2.24, 2.45) is 0 Å². The average molecular weight is 494 g/mol. The molecule has 2 amide bonds. The molecule has 1 atom stereocenters. The first-order valence-corrected chi connectivity index (χ1v) is 13.1. The molecule has 0 heterocycles. The van der Waals surface area contributed by atoms with E-state index in [2.05, 4.69) is 5.32 Å². The summed E-state index contributed by atoms with van der Waals surface area (Å²) >= 11 is 5.97. The predicted molar refractivity (Wildman–Crippen MR) is 133 cm³/mol. The lowest BCUT2D eigenvalue weighted by atomic mass is 10.0. The molecule has 0 saturated heterocycles. The number of halogens is 1. The molecule has 0 aromatic heterocycles. The van der Waals surface area contributed by atoms with E-state index in [1.807, 2.05) is 26.0 Å². The van der Waals surface area contributed by atoms with Gasteiger partial charge in [0, 0.05) is 18.1 Å². The molecule has 0 bridgehead atoms. The van der Waals surface area contributed by atoms with Crippen LogP contribution in [0, 0.1) is 0 Å². The molecular formula is C24H32ClN3O4S. The fourth-order valence-electron chi connectivity index (χ4n) is 3.49. The molecule has 0 saturated carbocycles. The van der Waals surface area contributed by atoms with Crippen LogP contribution in [0.3, 0.4) is 0 Å². The van der Waals surface area contributed by atoms with Crippen LogP contribution in [0.2, 0.25) is 5.02 Å². The Balaban J connectivity index is 2.44. The van der Waals surface area contributed by atoms with E-state index in [1.165, 1.54) is 4.90 Å². The number of nitrogens with zero attached hydrogens (tertiary/aromatic N) is 2. The van der Waals surface area contributed by atoms with Crippen molar-refractivity contribution in [2.45, 2.75) is 46.2 Å². The van der Waals surface area contributed by atoms with Crippen LogP contribution in [0.25, 0.3) is 0 Å². The van der Waals surface area contributed by atoms with Crippen LogP contribution in [-0.2, 0) is 26.2 Å². The lowest BCUT2D eigenvalue weighted by Gasteiger charge is -2.32. The molecule has 0 fully saturated rings. The Bertz CT molecular complexity index is 1070. The zero-order valence-electron chi connectivity index (χ0n) is 19.7. The maximum absolute atomic E-state index is 13.5. The van der Waals surface area contributed by atoms with Crippen molar-refractivity contribution in [3.63, 3.8) is 0 Å². The summed E-state index contributed by atoms with van der Waals surface area (Å²) < 4.78 is 26.6. The Morgan fingerprint density at radius 2 is 1.64 bits per heavy atom. The molecule has 0 spiro atoms. The number of benzene rings is 2. The number of likely N-dealkylation sites (N-methyl/N-ethyl adjacent to an activating group) is 1. The number of para-hydroxylation sites is 1. The zero-order chi connectivity index (χ0) is 24.8. The number of carbonyl (C=O) groups is 2. The topological polar surface area (TPSA) is 86.8 Å². The van der Waals surface area contributed by atoms with Gasteiger partial charge in [-0.3, -0.25) is 13.9 Å². The van der Waals surface area contributed by atoms with Gasteiger partial charge in [-0.15, -0.1) is 0 Å². The number of anilines is 1. The number of amides is 2. The molecule has 2 aromatic rings. The first-order chi connectivity index (χ1) is 15.5. The second-order valence-electron chi connectivity index (χ2n) is 8.20. The maximum Gasteiger partial charge on any atom is 0.244 e. The van der Waals surface area contributed by atoms with E-state index in [1.54, 1.807) is 50.2 Å². The highest BCUT2D eigenvalue weighted by molar-refractivity contribution is 7.92. The molecule has 1 N–H and O–H groups in total. The van der Waals surface area contributed by atoms with Gasteiger partial charge in [-0.2, -0.15) is 0 Å². The minimum atomic E-state index is -3.77. The van der Waals surface area contributed by atoms with E-state index in [-0.39, 0.29) is 18.4 Å². The van der Waals surface area contributed by atoms with Crippen molar-refractivity contribution >= 4 is 39.1 Å². The van der Waals surface area contributed by atoms with E-state index in [0.717, 1.165) is 21.7 Å². The van der Waals surface area contributed by atoms with Gasteiger partial charge < -0.3 is 10.2 Å². The predicted octanol–water partition coefficient (Wildman–Crippen LogP) is 3.78. The van der Waals surface area contributed by atoms with Crippen LogP contribution >= 0.6 is 11.6 Å². The lowest BCUT2D eigenvalue weighted by molar-refractivity contribution is -0.139. The Kier molecular flexibility index (Phi) is 9.31. The minimum absolute atomic E-state index is 0.0555. The van der Waals surface area contributed by atoms with Crippen LogP contribution in [0.4, 0.5) is 5.69 Å². The van der Waals surface area contributed by atoms with E-state index >= 15 is 0 Å². The number of nitrogens with one attached hydrogen (secondary N) is 1. The highest BCUT2D eigenvalue weighted by Crippen LogP contribution is 2.29. The van der Waals surface area contributed by atoms with Crippen molar-refractivity contribution in [1.82, 2.24) is 10.2 Å².